The Hall–Kier alpha value is -7.21. The number of hydrogen-bond acceptors (Lipinski definition) is 9. The Morgan fingerprint density at radius 3 is 1.80 bits per heavy atom. The van der Waals surface area contributed by atoms with E-state index in [2.05, 4.69) is 32.9 Å². The number of carbonyl (C=O) groups is 5. The van der Waals surface area contributed by atoms with Gasteiger partial charge < -0.3 is 50.2 Å². The zero-order valence-electron chi connectivity index (χ0n) is 31.1. The van der Waals surface area contributed by atoms with Crippen LogP contribution in [-0.4, -0.2) is 78.5 Å². The molecule has 1 unspecified atom stereocenters. The molecule has 18 heteroatoms. The summed E-state index contributed by atoms with van der Waals surface area (Å²) in [6.07, 6.45) is 4.96. The van der Waals surface area contributed by atoms with E-state index in [0.717, 1.165) is 0 Å². The molecule has 5 heterocycles. The summed E-state index contributed by atoms with van der Waals surface area (Å²) in [7, 11) is 6.54. The van der Waals surface area contributed by atoms with Crippen molar-refractivity contribution in [2.45, 2.75) is 12.0 Å². The first kappa shape index (κ1) is 38.5. The van der Waals surface area contributed by atoms with Gasteiger partial charge in [-0.1, -0.05) is 36.9 Å². The van der Waals surface area contributed by atoms with E-state index >= 15 is 0 Å². The molecule has 7 N–H and O–H groups in total. The van der Waals surface area contributed by atoms with Crippen LogP contribution >= 0.6 is 0 Å². The van der Waals surface area contributed by atoms with Crippen LogP contribution in [0.5, 0.6) is 5.88 Å². The average Bonchev–Trinajstić information content (AvgIpc) is 3.96. The fraction of sp³-hybridized carbons (Fsp3) is 0.237. The van der Waals surface area contributed by atoms with E-state index in [1.54, 1.807) is 60.5 Å². The van der Waals surface area contributed by atoms with Gasteiger partial charge in [0.05, 0.1) is 22.9 Å². The van der Waals surface area contributed by atoms with E-state index in [1.807, 2.05) is 30.3 Å². The van der Waals surface area contributed by atoms with E-state index in [0.29, 0.717) is 28.3 Å². The van der Waals surface area contributed by atoms with Crippen LogP contribution in [0, 0.1) is 5.41 Å². The highest BCUT2D eigenvalue weighted by molar-refractivity contribution is 6.08. The molecule has 4 amide bonds. The molecule has 4 aromatic heterocycles. The van der Waals surface area contributed by atoms with Gasteiger partial charge >= 0.3 is 0 Å². The second kappa shape index (κ2) is 15.6. The summed E-state index contributed by atoms with van der Waals surface area (Å²) in [6.45, 7) is 3.94. The van der Waals surface area contributed by atoms with Gasteiger partial charge in [-0.2, -0.15) is 0 Å². The minimum Gasteiger partial charge on any atom is -0.473 e. The van der Waals surface area contributed by atoms with Crippen molar-refractivity contribution in [3.05, 3.63) is 114 Å². The Morgan fingerprint density at radius 2 is 1.32 bits per heavy atom. The third-order valence-electron chi connectivity index (χ3n) is 9.19. The fourth-order valence-electron chi connectivity index (χ4n) is 6.23. The number of nitrogens with one attached hydrogen (secondary N) is 5. The number of aromatic nitrogens is 5. The van der Waals surface area contributed by atoms with Crippen LogP contribution in [0.2, 0.25) is 0 Å². The van der Waals surface area contributed by atoms with Gasteiger partial charge in [0.15, 0.2) is 11.4 Å². The molecule has 1 aromatic carbocycles. The van der Waals surface area contributed by atoms with Crippen LogP contribution in [-0.2, 0) is 43.3 Å². The molecule has 5 aromatic rings. The topological polar surface area (TPSA) is 234 Å². The van der Waals surface area contributed by atoms with Crippen LogP contribution in [0.1, 0.15) is 53.9 Å². The van der Waals surface area contributed by atoms with Crippen molar-refractivity contribution in [1.29, 1.82) is 5.41 Å². The molecule has 290 valence electrons. The fourth-order valence-corrected chi connectivity index (χ4v) is 6.23. The van der Waals surface area contributed by atoms with E-state index in [-0.39, 0.29) is 72.2 Å². The monoisotopic (exact) mass is 763 g/mol. The van der Waals surface area contributed by atoms with Gasteiger partial charge in [0.25, 0.3) is 23.6 Å². The first-order chi connectivity index (χ1) is 26.6. The quantitative estimate of drug-likeness (QED) is 0.0554. The first-order valence-electron chi connectivity index (χ1n) is 17.3. The van der Waals surface area contributed by atoms with Gasteiger partial charge in [-0.15, -0.1) is 5.10 Å². The Balaban J connectivity index is 1.06. The number of benzene rings is 1. The number of nitrogens with two attached hydrogens (primary N) is 1. The summed E-state index contributed by atoms with van der Waals surface area (Å²) in [5.74, 6) is -2.00. The normalized spacial score (nSPS) is 15.1. The zero-order chi connectivity index (χ0) is 40.3. The number of ketones is 1. The number of ether oxygens (including phenoxy) is 2. The first-order valence-corrected chi connectivity index (χ1v) is 17.3. The SMILES string of the molecule is C=C1C(=O)COC1(COc1cc(C(=O)Nc2cc(C(=O)Nc3cc(C(=O)Nc4cc(C(=O)NCCC(=N)N)n(C)c4)n(C)c3)n(C)c2)n(C)n1)c1ccccc1. The van der Waals surface area contributed by atoms with Crippen molar-refractivity contribution in [1.82, 2.24) is 28.8 Å². The molecule has 0 spiro atoms. The maximum atomic E-state index is 13.3. The summed E-state index contributed by atoms with van der Waals surface area (Å²) in [4.78, 5) is 64.8. The molecule has 1 fully saturated rings. The molecule has 0 radical (unpaired) electrons. The standard InChI is InChI=1S/C38H41N11O7/c1-22-31(50)20-56-38(22,23-9-7-6-8-10-23)21-55-33-16-30(49(5)45-33)37(54)44-26-15-29(48(4)19-26)36(53)43-25-14-28(47(3)18-25)35(52)42-24-13-27(46(2)17-24)34(51)41-12-11-32(39)40/h6-10,13-19H,1,11-12,20-21H2,2-5H3,(H3,39,40)(H,41,51)(H,42,52)(H,43,53)(H,44,54). The van der Waals surface area contributed by atoms with Gasteiger partial charge in [0.2, 0.25) is 5.88 Å². The number of hydrogen-bond donors (Lipinski definition) is 6. The second-order valence-electron chi connectivity index (χ2n) is 13.2. The van der Waals surface area contributed by atoms with Crippen LogP contribution in [0.15, 0.2) is 85.3 Å². The molecule has 0 aliphatic carbocycles. The van der Waals surface area contributed by atoms with E-state index in [1.165, 1.54) is 28.9 Å². The molecule has 18 nitrogen and oxygen atoms in total. The summed E-state index contributed by atoms with van der Waals surface area (Å²) in [5, 5.41) is 22.6. The van der Waals surface area contributed by atoms with Gasteiger partial charge in [-0.3, -0.25) is 34.1 Å². The van der Waals surface area contributed by atoms with Crippen molar-refractivity contribution in [3.8, 4) is 5.88 Å². The number of anilines is 3. The number of rotatable bonds is 14. The second-order valence-corrected chi connectivity index (χ2v) is 13.2. The highest BCUT2D eigenvalue weighted by Gasteiger charge is 2.46. The third-order valence-corrected chi connectivity index (χ3v) is 9.19. The van der Waals surface area contributed by atoms with Crippen LogP contribution in [0.3, 0.4) is 0 Å². The number of Topliss-reactive ketones (excluding diaryl/α,β-unsaturated/α-hetero) is 1. The summed E-state index contributed by atoms with van der Waals surface area (Å²) in [5.41, 5.74) is 7.12. The largest absolute Gasteiger partial charge is 0.473 e. The van der Waals surface area contributed by atoms with Gasteiger partial charge in [-0.25, -0.2) is 0 Å². The molecule has 56 heavy (non-hydrogen) atoms. The average molecular weight is 764 g/mol. The lowest BCUT2D eigenvalue weighted by Crippen LogP contribution is -2.34. The van der Waals surface area contributed by atoms with Crippen LogP contribution in [0.4, 0.5) is 17.1 Å². The number of carbonyl (C=O) groups excluding carboxylic acids is 5. The van der Waals surface area contributed by atoms with Crippen molar-refractivity contribution < 1.29 is 33.4 Å². The Bertz CT molecular complexity index is 2380. The highest BCUT2D eigenvalue weighted by Crippen LogP contribution is 2.38. The van der Waals surface area contributed by atoms with Crippen molar-refractivity contribution >= 4 is 52.3 Å². The Labute approximate surface area is 320 Å². The molecule has 1 saturated heterocycles. The molecular weight excluding hydrogens is 722 g/mol. The lowest BCUT2D eigenvalue weighted by atomic mass is 9.87. The number of aryl methyl sites for hydroxylation is 4. The minimum atomic E-state index is -1.20. The lowest BCUT2D eigenvalue weighted by molar-refractivity contribution is -0.116. The van der Waals surface area contributed by atoms with Crippen molar-refractivity contribution in [2.24, 2.45) is 33.9 Å². The third kappa shape index (κ3) is 7.99. The van der Waals surface area contributed by atoms with Gasteiger partial charge in [0.1, 0.15) is 36.0 Å². The zero-order valence-corrected chi connectivity index (χ0v) is 31.1. The number of amidine groups is 1. The molecule has 0 saturated carbocycles. The van der Waals surface area contributed by atoms with E-state index in [9.17, 15) is 24.0 Å². The van der Waals surface area contributed by atoms with Crippen molar-refractivity contribution in [3.63, 3.8) is 0 Å². The number of nitrogens with zero attached hydrogens (tertiary/aromatic N) is 5. The molecule has 0 bridgehead atoms. The van der Waals surface area contributed by atoms with E-state index in [4.69, 9.17) is 20.6 Å². The lowest BCUT2D eigenvalue weighted by Gasteiger charge is -2.28. The highest BCUT2D eigenvalue weighted by atomic mass is 16.6. The van der Waals surface area contributed by atoms with Crippen LogP contribution in [0.25, 0.3) is 0 Å². The number of amides is 4. The predicted octanol–water partition coefficient (Wildman–Crippen LogP) is 2.68. The molecule has 1 aliphatic heterocycles. The Kier molecular flexibility index (Phi) is 10.8. The van der Waals surface area contributed by atoms with E-state index < -0.39 is 23.3 Å². The maximum Gasteiger partial charge on any atom is 0.274 e. The minimum absolute atomic E-state index is 0.0400. The van der Waals surface area contributed by atoms with Gasteiger partial charge in [-0.05, 0) is 23.8 Å². The summed E-state index contributed by atoms with van der Waals surface area (Å²) in [6, 6.07) is 15.1. The molecule has 6 rings (SSSR count). The molecule has 1 atom stereocenters. The molecular formula is C38H41N11O7. The summed E-state index contributed by atoms with van der Waals surface area (Å²) < 4.78 is 17.9. The maximum absolute atomic E-state index is 13.3. The van der Waals surface area contributed by atoms with Crippen LogP contribution < -0.4 is 31.7 Å². The Morgan fingerprint density at radius 1 is 0.821 bits per heavy atom. The van der Waals surface area contributed by atoms with Gasteiger partial charge in [0, 0.05) is 71.4 Å². The van der Waals surface area contributed by atoms with Crippen molar-refractivity contribution in [2.75, 3.05) is 35.7 Å². The smallest absolute Gasteiger partial charge is 0.274 e. The summed E-state index contributed by atoms with van der Waals surface area (Å²) >= 11 is 0. The molecule has 1 aliphatic rings. The predicted molar refractivity (Wildman–Crippen MR) is 206 cm³/mol.